The first kappa shape index (κ1) is 7.10. The van der Waals surface area contributed by atoms with E-state index < -0.39 is 0 Å². The zero-order valence-electron chi connectivity index (χ0n) is 6.22. The summed E-state index contributed by atoms with van der Waals surface area (Å²) in [6.07, 6.45) is 8.33. The van der Waals surface area contributed by atoms with Crippen LogP contribution in [0.1, 0.15) is 16.2 Å². The van der Waals surface area contributed by atoms with E-state index in [0.29, 0.717) is 0 Å². The fourth-order valence-electron chi connectivity index (χ4n) is 0.515. The van der Waals surface area contributed by atoms with Crippen molar-refractivity contribution in [1.29, 1.82) is 0 Å². The van der Waals surface area contributed by atoms with Crippen molar-refractivity contribution in [3.63, 3.8) is 0 Å². The first-order valence-corrected chi connectivity index (χ1v) is 2.13. The molecule has 0 spiro atoms. The minimum atomic E-state index is 0. The van der Waals surface area contributed by atoms with Crippen LogP contribution in [-0.2, 0) is 19.5 Å². The first-order chi connectivity index (χ1) is 2.89. The van der Waals surface area contributed by atoms with Gasteiger partial charge in [-0.15, -0.1) is 6.42 Å². The molecule has 1 heteroatoms. The Morgan fingerprint density at radius 2 is 2.57 bits per heavy atom. The summed E-state index contributed by atoms with van der Waals surface area (Å²) in [5.74, 6) is 0. The van der Waals surface area contributed by atoms with E-state index in [4.69, 9.17) is 0 Å². The van der Waals surface area contributed by atoms with Crippen LogP contribution in [-0.4, -0.2) is 0 Å². The molecule has 1 aliphatic carbocycles. The van der Waals surface area contributed by atoms with Crippen molar-refractivity contribution in [3.05, 3.63) is 23.8 Å². The van der Waals surface area contributed by atoms with Gasteiger partial charge < -0.3 is 2.85 Å². The summed E-state index contributed by atoms with van der Waals surface area (Å²) in [5, 5.41) is 0. The summed E-state index contributed by atoms with van der Waals surface area (Å²) in [6.45, 7) is 2.06. The zero-order valence-corrected chi connectivity index (χ0v) is 5.95. The van der Waals surface area contributed by atoms with Crippen molar-refractivity contribution < 1.29 is 22.3 Å². The standard InChI is InChI=1S/C6H7.Ru.2H/c1-6-4-2-3-5-6;;;/h2,4H,3H2,1H3;;;/q-1;+3;2*-1. The second-order valence-electron chi connectivity index (χ2n) is 1.47. The van der Waals surface area contributed by atoms with Crippen LogP contribution in [0.4, 0.5) is 0 Å². The van der Waals surface area contributed by atoms with Gasteiger partial charge in [-0.25, -0.2) is 11.6 Å². The van der Waals surface area contributed by atoms with Crippen molar-refractivity contribution in [2.24, 2.45) is 0 Å². The number of rotatable bonds is 0. The minimum Gasteiger partial charge on any atom is -1.00 e. The molecule has 0 unspecified atom stereocenters. The largest absolute Gasteiger partial charge is 3.00 e. The Labute approximate surface area is 60.0 Å². The van der Waals surface area contributed by atoms with Gasteiger partial charge in [-0.3, -0.25) is 6.08 Å². The second kappa shape index (κ2) is 3.15. The van der Waals surface area contributed by atoms with Gasteiger partial charge in [0.25, 0.3) is 0 Å². The summed E-state index contributed by atoms with van der Waals surface area (Å²) in [5.41, 5.74) is 1.27. The van der Waals surface area contributed by atoms with Crippen molar-refractivity contribution in [3.8, 4) is 0 Å². The van der Waals surface area contributed by atoms with Gasteiger partial charge in [0, 0.05) is 0 Å². The Bertz CT molecular complexity index is 105. The summed E-state index contributed by atoms with van der Waals surface area (Å²) in [7, 11) is 0. The molecular weight excluding hydrogens is 173 g/mol. The molecular formula is C6H9Ru. The van der Waals surface area contributed by atoms with Crippen molar-refractivity contribution in [1.82, 2.24) is 0 Å². The number of hydrogen-bond acceptors (Lipinski definition) is 0. The van der Waals surface area contributed by atoms with Gasteiger partial charge in [0.2, 0.25) is 0 Å². The maximum absolute atomic E-state index is 3.12. The molecule has 0 aromatic heterocycles. The fraction of sp³-hybridized carbons (Fsp3) is 0.333. The van der Waals surface area contributed by atoms with Crippen LogP contribution in [0.2, 0.25) is 0 Å². The van der Waals surface area contributed by atoms with E-state index >= 15 is 0 Å². The molecule has 0 amide bonds. The van der Waals surface area contributed by atoms with Gasteiger partial charge >= 0.3 is 19.5 Å². The molecule has 0 fully saturated rings. The third-order valence-corrected chi connectivity index (χ3v) is 0.867. The Kier molecular flexibility index (Phi) is 3.20. The molecule has 0 N–H and O–H groups in total. The summed E-state index contributed by atoms with van der Waals surface area (Å²) < 4.78 is 0. The Morgan fingerprint density at radius 1 is 1.86 bits per heavy atom. The molecule has 7 heavy (non-hydrogen) atoms. The van der Waals surface area contributed by atoms with Crippen LogP contribution in [0.3, 0.4) is 0 Å². The predicted octanol–water partition coefficient (Wildman–Crippen LogP) is 1.92. The fourth-order valence-corrected chi connectivity index (χ4v) is 0.515. The Hall–Kier alpha value is 0.103. The average Bonchev–Trinajstić information content (AvgIpc) is 1.86. The van der Waals surface area contributed by atoms with E-state index in [1.807, 2.05) is 0 Å². The van der Waals surface area contributed by atoms with Crippen LogP contribution < -0.4 is 0 Å². The molecule has 1 radical (unpaired) electrons. The normalized spacial score (nSPS) is 15.9. The molecule has 0 aliphatic heterocycles. The molecule has 0 aromatic rings. The van der Waals surface area contributed by atoms with Crippen LogP contribution in [0.5, 0.6) is 0 Å². The van der Waals surface area contributed by atoms with Gasteiger partial charge in [0.1, 0.15) is 0 Å². The van der Waals surface area contributed by atoms with Gasteiger partial charge in [-0.1, -0.05) is 6.92 Å². The third-order valence-electron chi connectivity index (χ3n) is 0.867. The van der Waals surface area contributed by atoms with Crippen molar-refractivity contribution >= 4 is 0 Å². The maximum Gasteiger partial charge on any atom is 3.00 e. The van der Waals surface area contributed by atoms with Gasteiger partial charge in [0.15, 0.2) is 0 Å². The van der Waals surface area contributed by atoms with Crippen LogP contribution in [0.25, 0.3) is 0 Å². The maximum atomic E-state index is 3.12. The van der Waals surface area contributed by atoms with E-state index in [1.54, 1.807) is 0 Å². The molecule has 0 bridgehead atoms. The molecule has 0 heterocycles. The van der Waals surface area contributed by atoms with Gasteiger partial charge in [-0.2, -0.15) is 6.08 Å². The zero-order chi connectivity index (χ0) is 4.41. The smallest absolute Gasteiger partial charge is 1.00 e. The molecule has 1 aliphatic rings. The van der Waals surface area contributed by atoms with Crippen molar-refractivity contribution in [2.75, 3.05) is 0 Å². The Morgan fingerprint density at radius 3 is 2.71 bits per heavy atom. The molecule has 0 nitrogen and oxygen atoms in total. The SMILES string of the molecule is CC1=[C-]CC=C1.[H-].[H-].[Ru+3]. The average molecular weight is 182 g/mol. The van der Waals surface area contributed by atoms with Crippen LogP contribution in [0.15, 0.2) is 17.7 Å². The summed E-state index contributed by atoms with van der Waals surface area (Å²) >= 11 is 0. The van der Waals surface area contributed by atoms with Crippen LogP contribution >= 0.6 is 0 Å². The molecule has 0 atom stereocenters. The van der Waals surface area contributed by atoms with E-state index in [2.05, 4.69) is 25.2 Å². The number of hydrogen-bond donors (Lipinski definition) is 0. The molecule has 0 saturated heterocycles. The monoisotopic (exact) mass is 183 g/mol. The number of allylic oxidation sites excluding steroid dienone is 4. The molecule has 0 aromatic carbocycles. The van der Waals surface area contributed by atoms with E-state index in [9.17, 15) is 0 Å². The second-order valence-corrected chi connectivity index (χ2v) is 1.47. The quantitative estimate of drug-likeness (QED) is 0.396. The third kappa shape index (κ3) is 2.04. The topological polar surface area (TPSA) is 0 Å². The van der Waals surface area contributed by atoms with Gasteiger partial charge in [-0.05, 0) is 0 Å². The molecule has 1 rings (SSSR count). The van der Waals surface area contributed by atoms with E-state index in [1.165, 1.54) is 5.57 Å². The van der Waals surface area contributed by atoms with E-state index in [0.717, 1.165) is 6.42 Å². The van der Waals surface area contributed by atoms with Gasteiger partial charge in [0.05, 0.1) is 0 Å². The molecule has 41 valence electrons. The van der Waals surface area contributed by atoms with Crippen molar-refractivity contribution in [2.45, 2.75) is 13.3 Å². The first-order valence-electron chi connectivity index (χ1n) is 2.13. The summed E-state index contributed by atoms with van der Waals surface area (Å²) in [6, 6.07) is 0. The molecule has 0 saturated carbocycles. The Balaban J connectivity index is -0.000000120. The predicted molar refractivity (Wildman–Crippen MR) is 28.4 cm³/mol. The summed E-state index contributed by atoms with van der Waals surface area (Å²) in [4.78, 5) is 0. The van der Waals surface area contributed by atoms with Crippen LogP contribution in [0, 0.1) is 6.08 Å². The van der Waals surface area contributed by atoms with E-state index in [-0.39, 0.29) is 22.3 Å². The minimum absolute atomic E-state index is 0.